The van der Waals surface area contributed by atoms with Crippen molar-refractivity contribution in [2.45, 2.75) is 131 Å². The summed E-state index contributed by atoms with van der Waals surface area (Å²) in [6, 6.07) is 96.8. The molecule has 6 heteroatoms. The van der Waals surface area contributed by atoms with E-state index in [1.807, 2.05) is 0 Å². The minimum Gasteiger partial charge on any atom is -0.310 e. The Morgan fingerprint density at radius 3 is 1.19 bits per heavy atom. The predicted octanol–water partition coefficient (Wildman–Crippen LogP) is 28.2. The largest absolute Gasteiger partial charge is 0.310 e. The third-order valence-corrected chi connectivity index (χ3v) is 24.6. The molecule has 0 unspecified atom stereocenters. The summed E-state index contributed by atoms with van der Waals surface area (Å²) in [6.07, 6.45) is 0. The maximum absolute atomic E-state index is 10.4. The van der Waals surface area contributed by atoms with Gasteiger partial charge in [0.15, 0.2) is 0 Å². The summed E-state index contributed by atoms with van der Waals surface area (Å²) < 4.78 is 85.8. The number of hydrogen-bond acceptors (Lipinski definition) is 2. The van der Waals surface area contributed by atoms with Gasteiger partial charge in [-0.3, -0.25) is 0 Å². The topological polar surface area (TPSA) is 21.3 Å². The normalized spacial score (nSPS) is 14.2. The van der Waals surface area contributed by atoms with Gasteiger partial charge in [-0.1, -0.05) is 322 Å². The molecule has 2 aliphatic heterocycles. The van der Waals surface area contributed by atoms with Crippen LogP contribution in [0.25, 0.3) is 127 Å². The average molecular weight is 1510 g/mol. The van der Waals surface area contributed by atoms with Crippen molar-refractivity contribution in [2.75, 3.05) is 9.80 Å². The van der Waals surface area contributed by atoms with Gasteiger partial charge in [-0.05, 0) is 202 Å². The van der Waals surface area contributed by atoms with Gasteiger partial charge in [0, 0.05) is 83.1 Å². The molecular weight excluding hydrogens is 1400 g/mol. The molecule has 0 N–H and O–H groups in total. The zero-order valence-electron chi connectivity index (χ0n) is 76.8. The smallest absolute Gasteiger partial charge is 0.252 e. The molecule has 5 heterocycles. The Labute approximate surface area is 694 Å². The van der Waals surface area contributed by atoms with E-state index < -0.39 is 55.1 Å². The summed E-state index contributed by atoms with van der Waals surface area (Å²) in [5.74, 6) is 0. The maximum atomic E-state index is 10.4. The molecule has 0 atom stereocenters. The lowest BCUT2D eigenvalue weighted by atomic mass is 9.33. The first-order chi connectivity index (χ1) is 59.0. The highest BCUT2D eigenvalue weighted by Gasteiger charge is 2.47. The fraction of sp³-hybridized carbons (Fsp3) is 0.182. The Bertz CT molecular complexity index is 7290. The van der Waals surface area contributed by atoms with Crippen LogP contribution in [0.5, 0.6) is 0 Å². The maximum Gasteiger partial charge on any atom is 0.252 e. The predicted molar refractivity (Wildman–Crippen MR) is 499 cm³/mol. The Balaban J connectivity index is 1.04. The number of hydrogen-bond donors (Lipinski definition) is 0. The monoisotopic (exact) mass is 1510 g/mol. The number of nitrogens with zero attached hydrogens (tertiary/aromatic N) is 5. The Kier molecular flexibility index (Phi) is 14.5. The molecule has 116 heavy (non-hydrogen) atoms. The van der Waals surface area contributed by atoms with E-state index in [-0.39, 0.29) is 48.9 Å². The van der Waals surface area contributed by atoms with Crippen molar-refractivity contribution < 1.29 is 11.0 Å². The number of benzene rings is 15. The zero-order chi connectivity index (χ0) is 86.8. The SMILES string of the molecule is [2H]c1c([2H])c([2H])c2c(c1[2H])c1c([2H])c([2H])c([2H])c([2H])c1n2-c1cc2c3c(c1)N(c1c(-c4ccccc4)ccc4c1c1ccccc1n4-c1ccccc1)c1cc(-c4cc(C(C)(C)C)cc(C(C)(C)C)c4)ccc1B3c1ccc(-n3c4ccc(C(C)(C)C)cc4c4cc(C(C)(C)C)ccc43)cc1N2c1c(-c2ccccc2)cc(C(C)(C)C)cc1-c1ccccc1. The van der Waals surface area contributed by atoms with Crippen molar-refractivity contribution in [2.24, 2.45) is 0 Å². The van der Waals surface area contributed by atoms with Crippen LogP contribution in [-0.2, 0) is 27.1 Å². The summed E-state index contributed by atoms with van der Waals surface area (Å²) in [5, 5.41) is 4.25. The van der Waals surface area contributed by atoms with Gasteiger partial charge < -0.3 is 23.5 Å². The van der Waals surface area contributed by atoms with Crippen LogP contribution in [0.2, 0.25) is 0 Å². The third kappa shape index (κ3) is 11.7. The first-order valence-electron chi connectivity index (χ1n) is 44.8. The van der Waals surface area contributed by atoms with Crippen LogP contribution in [-0.4, -0.2) is 20.4 Å². The van der Waals surface area contributed by atoms with E-state index in [0.717, 1.165) is 156 Å². The molecule has 5 nitrogen and oxygen atoms in total. The van der Waals surface area contributed by atoms with E-state index in [1.165, 1.54) is 22.3 Å². The summed E-state index contributed by atoms with van der Waals surface area (Å²) in [5.41, 5.74) is 27.0. The van der Waals surface area contributed by atoms with Crippen LogP contribution in [0.4, 0.5) is 34.1 Å². The van der Waals surface area contributed by atoms with Crippen molar-refractivity contribution in [3.05, 3.63) is 349 Å². The van der Waals surface area contributed by atoms with Gasteiger partial charge in [0.1, 0.15) is 0 Å². The van der Waals surface area contributed by atoms with Crippen molar-refractivity contribution in [3.8, 4) is 61.6 Å². The molecule has 0 amide bonds. The molecule has 15 aromatic carbocycles. The number of aromatic nitrogens is 3. The van der Waals surface area contributed by atoms with E-state index in [0.29, 0.717) is 5.69 Å². The highest BCUT2D eigenvalue weighted by molar-refractivity contribution is 7.00. The van der Waals surface area contributed by atoms with Crippen molar-refractivity contribution in [1.82, 2.24) is 13.7 Å². The second-order valence-corrected chi connectivity index (χ2v) is 37.2. The highest BCUT2D eigenvalue weighted by atomic mass is 15.2. The lowest BCUT2D eigenvalue weighted by Crippen LogP contribution is -2.61. The fourth-order valence-corrected chi connectivity index (χ4v) is 18.4. The lowest BCUT2D eigenvalue weighted by molar-refractivity contribution is 0.569. The van der Waals surface area contributed by atoms with E-state index in [4.69, 9.17) is 0 Å². The molecular formula is C110H98BN5. The quantitative estimate of drug-likeness (QED) is 0.134. The van der Waals surface area contributed by atoms with Gasteiger partial charge in [0.25, 0.3) is 6.71 Å². The van der Waals surface area contributed by atoms with Crippen LogP contribution < -0.4 is 26.2 Å². The van der Waals surface area contributed by atoms with Crippen LogP contribution in [0.3, 0.4) is 0 Å². The summed E-state index contributed by atoms with van der Waals surface area (Å²) >= 11 is 0. The molecule has 0 radical (unpaired) electrons. The van der Waals surface area contributed by atoms with Gasteiger partial charge in [-0.2, -0.15) is 0 Å². The molecule has 3 aromatic heterocycles. The Morgan fingerprint density at radius 1 is 0.250 bits per heavy atom. The van der Waals surface area contributed by atoms with Gasteiger partial charge in [0.05, 0.1) is 61.1 Å². The van der Waals surface area contributed by atoms with E-state index in [9.17, 15) is 11.0 Å². The molecule has 0 spiro atoms. The van der Waals surface area contributed by atoms with Crippen molar-refractivity contribution in [3.63, 3.8) is 0 Å². The zero-order valence-corrected chi connectivity index (χ0v) is 68.8. The van der Waals surface area contributed by atoms with Crippen LogP contribution in [0.15, 0.2) is 321 Å². The number of fused-ring (bicyclic) bond motifs is 13. The van der Waals surface area contributed by atoms with Gasteiger partial charge >= 0.3 is 0 Å². The molecule has 0 aliphatic carbocycles. The number of para-hydroxylation sites is 4. The van der Waals surface area contributed by atoms with E-state index in [1.54, 1.807) is 4.57 Å². The minimum atomic E-state index is -0.570. The van der Waals surface area contributed by atoms with Crippen molar-refractivity contribution >= 4 is 123 Å². The summed E-state index contributed by atoms with van der Waals surface area (Å²) in [7, 11) is 0. The molecule has 2 aliphatic rings. The summed E-state index contributed by atoms with van der Waals surface area (Å²) in [4.78, 5) is 5.01. The first-order valence-corrected chi connectivity index (χ1v) is 40.8. The van der Waals surface area contributed by atoms with E-state index >= 15 is 0 Å². The molecule has 0 bridgehead atoms. The highest BCUT2D eigenvalue weighted by Crippen LogP contribution is 2.56. The Hall–Kier alpha value is -12.6. The standard InChI is InChI=1S/C110H98BN5/c1-106(2,3)74-49-55-95-88(62-74)89-63-75(107(4,5)6)50-56-96(89)113(95)80-51-54-91-99(66-80)115(104-86(70-36-22-17-23-37-70)64-78(110(13,14)15)65-87(104)71-38-24-18-25-39-71)100-67-81(114-92-45-31-28-42-83(92)84-43-29-32-46-93(84)114)68-101-103(100)111(91)90-53-48-72(73-58-76(108(7,8)9)61-77(59-73)109(10,11)12)60-98(90)116(101)105-82(69-34-20-16-21-35-69)52-57-97-102(105)85-44-30-33-47-94(85)112(97)79-40-26-19-27-41-79/h16-68H,1-15H3/i28D,29D,31D,32D,42D,43D,45D,46D. The molecule has 18 aromatic rings. The molecule has 0 saturated carbocycles. The third-order valence-electron chi connectivity index (χ3n) is 24.6. The van der Waals surface area contributed by atoms with Gasteiger partial charge in [0.2, 0.25) is 0 Å². The second-order valence-electron chi connectivity index (χ2n) is 37.2. The van der Waals surface area contributed by atoms with Gasteiger partial charge in [-0.25, -0.2) is 0 Å². The number of rotatable bonds is 9. The minimum absolute atomic E-state index is 0.0123. The lowest BCUT2D eigenvalue weighted by Gasteiger charge is -2.46. The second kappa shape index (κ2) is 26.5. The molecule has 0 fully saturated rings. The fourth-order valence-electron chi connectivity index (χ4n) is 18.4. The average Bonchev–Trinajstić information content (AvgIpc) is 1.16. The van der Waals surface area contributed by atoms with Crippen LogP contribution in [0.1, 0.15) is 143 Å². The Morgan fingerprint density at radius 2 is 0.664 bits per heavy atom. The molecule has 20 rings (SSSR count). The van der Waals surface area contributed by atoms with Gasteiger partial charge in [-0.15, -0.1) is 0 Å². The molecule has 0 saturated heterocycles. The summed E-state index contributed by atoms with van der Waals surface area (Å²) in [6.45, 7) is 33.7. The van der Waals surface area contributed by atoms with Crippen LogP contribution in [0, 0.1) is 0 Å². The first kappa shape index (κ1) is 63.7. The molecule has 566 valence electrons. The van der Waals surface area contributed by atoms with Crippen LogP contribution >= 0.6 is 0 Å². The van der Waals surface area contributed by atoms with E-state index in [2.05, 4.69) is 396 Å². The van der Waals surface area contributed by atoms with Crippen molar-refractivity contribution in [1.29, 1.82) is 0 Å². The number of anilines is 6.